The van der Waals surface area contributed by atoms with Crippen LogP contribution in [0, 0.1) is 0 Å². The summed E-state index contributed by atoms with van der Waals surface area (Å²) in [6.45, 7) is 3.93. The average Bonchev–Trinajstić information content (AvgIpc) is 3.39. The molecule has 4 aromatic rings. The summed E-state index contributed by atoms with van der Waals surface area (Å²) in [5, 5.41) is 0.265. The van der Waals surface area contributed by atoms with Crippen molar-refractivity contribution < 1.29 is 13.2 Å². The number of carbonyl (C=O) groups is 1. The van der Waals surface area contributed by atoms with Gasteiger partial charge in [-0.05, 0) is 48.0 Å². The molecule has 0 atom stereocenters. The normalized spacial score (nSPS) is 11.0. The van der Waals surface area contributed by atoms with Crippen LogP contribution in [0.25, 0.3) is 11.4 Å². The minimum absolute atomic E-state index is 0.0750. The van der Waals surface area contributed by atoms with Crippen molar-refractivity contribution in [3.8, 4) is 5.69 Å². The smallest absolute Gasteiger partial charge is 0.269 e. The lowest BCUT2D eigenvalue weighted by molar-refractivity contribution is 0.0942. The molecule has 1 heterocycles. The molecule has 34 heavy (non-hydrogen) atoms. The molecule has 0 spiro atoms. The Labute approximate surface area is 201 Å². The predicted octanol–water partition coefficient (Wildman–Crippen LogP) is 4.23. The predicted molar refractivity (Wildman–Crippen MR) is 132 cm³/mol. The molecule has 1 amide bonds. The molecule has 3 aromatic carbocycles. The van der Waals surface area contributed by atoms with Crippen LogP contribution < -0.4 is 15.6 Å². The Morgan fingerprint density at radius 2 is 1.71 bits per heavy atom. The zero-order chi connectivity index (χ0) is 24.1. The van der Waals surface area contributed by atoms with Crippen LogP contribution in [0.2, 0.25) is 5.02 Å². The van der Waals surface area contributed by atoms with Crippen molar-refractivity contribution in [3.05, 3.63) is 114 Å². The largest absolute Gasteiger partial charge is 0.306 e. The summed E-state index contributed by atoms with van der Waals surface area (Å²) < 4.78 is 29.8. The highest BCUT2D eigenvalue weighted by molar-refractivity contribution is 7.92. The van der Waals surface area contributed by atoms with Gasteiger partial charge in [0.2, 0.25) is 0 Å². The van der Waals surface area contributed by atoms with Crippen molar-refractivity contribution >= 4 is 38.9 Å². The fourth-order valence-electron chi connectivity index (χ4n) is 3.08. The Bertz CT molecular complexity index is 1440. The second-order valence-electron chi connectivity index (χ2n) is 7.19. The van der Waals surface area contributed by atoms with Gasteiger partial charge >= 0.3 is 0 Å². The molecule has 0 unspecified atom stereocenters. The number of carbonyl (C=O) groups excluding carboxylic acids is 1. The Morgan fingerprint density at radius 1 is 0.941 bits per heavy atom. The molecule has 8 nitrogen and oxygen atoms in total. The van der Waals surface area contributed by atoms with Crippen LogP contribution in [0.4, 0.5) is 5.69 Å². The molecular formula is C24H20ClN5O3S. The van der Waals surface area contributed by atoms with E-state index in [1.807, 2.05) is 35.0 Å². The third kappa shape index (κ3) is 5.28. The summed E-state index contributed by atoms with van der Waals surface area (Å²) in [5.41, 5.74) is 7.86. The zero-order valence-corrected chi connectivity index (χ0v) is 19.3. The zero-order valence-electron chi connectivity index (χ0n) is 17.8. The number of nitrogens with zero attached hydrogens (tertiary/aromatic N) is 2. The van der Waals surface area contributed by atoms with Crippen LogP contribution >= 0.6 is 11.6 Å². The molecule has 0 fully saturated rings. The number of para-hydroxylation sites is 1. The number of imidazole rings is 1. The van der Waals surface area contributed by atoms with Crippen LogP contribution in [0.1, 0.15) is 15.9 Å². The van der Waals surface area contributed by atoms with E-state index in [4.69, 9.17) is 11.6 Å². The van der Waals surface area contributed by atoms with E-state index in [-0.39, 0.29) is 21.2 Å². The van der Waals surface area contributed by atoms with Crippen molar-refractivity contribution in [2.45, 2.75) is 4.90 Å². The number of hydrazine groups is 1. The lowest BCUT2D eigenvalue weighted by atomic mass is 10.1. The third-order valence-corrected chi connectivity index (χ3v) is 6.56. The number of amides is 1. The van der Waals surface area contributed by atoms with E-state index in [1.54, 1.807) is 36.8 Å². The molecule has 172 valence electrons. The van der Waals surface area contributed by atoms with E-state index in [9.17, 15) is 13.2 Å². The molecule has 1 aromatic heterocycles. The second-order valence-corrected chi connectivity index (χ2v) is 9.28. The number of aromatic nitrogens is 2. The summed E-state index contributed by atoms with van der Waals surface area (Å²) in [6.07, 6.45) is 5.22. The molecule has 0 aliphatic rings. The highest BCUT2D eigenvalue weighted by atomic mass is 35.5. The maximum atomic E-state index is 12.8. The van der Waals surface area contributed by atoms with Gasteiger partial charge in [-0.2, -0.15) is 0 Å². The van der Waals surface area contributed by atoms with Crippen LogP contribution in [0.15, 0.2) is 103 Å². The second kappa shape index (κ2) is 9.82. The van der Waals surface area contributed by atoms with Gasteiger partial charge < -0.3 is 4.57 Å². The monoisotopic (exact) mass is 493 g/mol. The molecular weight excluding hydrogens is 474 g/mol. The number of sulfonamides is 1. The van der Waals surface area contributed by atoms with Gasteiger partial charge in [0.1, 0.15) is 0 Å². The Balaban J connectivity index is 1.41. The first kappa shape index (κ1) is 23.1. The number of benzene rings is 3. The minimum atomic E-state index is -3.95. The van der Waals surface area contributed by atoms with Crippen molar-refractivity contribution in [3.63, 3.8) is 0 Å². The maximum Gasteiger partial charge on any atom is 0.269 e. The van der Waals surface area contributed by atoms with Crippen molar-refractivity contribution in [2.24, 2.45) is 0 Å². The van der Waals surface area contributed by atoms with Gasteiger partial charge in [-0.1, -0.05) is 48.5 Å². The summed E-state index contributed by atoms with van der Waals surface area (Å²) in [7, 11) is -3.95. The third-order valence-electron chi connectivity index (χ3n) is 4.87. The molecule has 0 saturated heterocycles. The minimum Gasteiger partial charge on any atom is -0.306 e. The first-order valence-electron chi connectivity index (χ1n) is 10.0. The van der Waals surface area contributed by atoms with E-state index in [2.05, 4.69) is 27.1 Å². The quantitative estimate of drug-likeness (QED) is 0.318. The van der Waals surface area contributed by atoms with Gasteiger partial charge in [0.15, 0.2) is 0 Å². The fraction of sp³-hybridized carbons (Fsp3) is 0. The van der Waals surface area contributed by atoms with Gasteiger partial charge in [-0.25, -0.2) is 13.4 Å². The summed E-state index contributed by atoms with van der Waals surface area (Å²) in [6, 6.07) is 19.6. The first-order valence-corrected chi connectivity index (χ1v) is 11.9. The number of rotatable bonds is 8. The average molecular weight is 494 g/mol. The number of halogens is 1. The standard InChI is InChI=1S/C24H20ClN5O3S/c1-17(18-9-11-20(12-10-18)30-14-13-26-16-30)27-28-24(31)19-5-4-6-21(15-19)34(32,33)29-23-8-3-2-7-22(23)25/h2-16,27,29H,1H2,(H,28,31). The van der Waals surface area contributed by atoms with Crippen molar-refractivity contribution in [1.82, 2.24) is 20.4 Å². The number of anilines is 1. The fourth-order valence-corrected chi connectivity index (χ4v) is 4.44. The Hall–Kier alpha value is -4.08. The molecule has 3 N–H and O–H groups in total. The lowest BCUT2D eigenvalue weighted by Crippen LogP contribution is -2.35. The van der Waals surface area contributed by atoms with E-state index >= 15 is 0 Å². The molecule has 0 saturated carbocycles. The molecule has 4 rings (SSSR count). The Kier molecular flexibility index (Phi) is 6.67. The molecule has 0 aliphatic heterocycles. The molecule has 0 radical (unpaired) electrons. The van der Waals surface area contributed by atoms with Gasteiger partial charge in [-0.15, -0.1) is 0 Å². The van der Waals surface area contributed by atoms with E-state index in [0.29, 0.717) is 5.70 Å². The van der Waals surface area contributed by atoms with Crippen LogP contribution in [0.5, 0.6) is 0 Å². The summed E-state index contributed by atoms with van der Waals surface area (Å²) >= 11 is 6.04. The topological polar surface area (TPSA) is 105 Å². The highest BCUT2D eigenvalue weighted by Gasteiger charge is 2.18. The summed E-state index contributed by atoms with van der Waals surface area (Å²) in [4.78, 5) is 16.6. The van der Waals surface area contributed by atoms with Gasteiger partial charge in [0, 0.05) is 23.6 Å². The Morgan fingerprint density at radius 3 is 2.41 bits per heavy atom. The van der Waals surface area contributed by atoms with E-state index in [0.717, 1.165) is 11.3 Å². The number of hydrogen-bond acceptors (Lipinski definition) is 5. The van der Waals surface area contributed by atoms with Crippen LogP contribution in [0.3, 0.4) is 0 Å². The number of nitrogens with one attached hydrogen (secondary N) is 3. The van der Waals surface area contributed by atoms with Crippen LogP contribution in [-0.4, -0.2) is 23.9 Å². The molecule has 0 aliphatic carbocycles. The molecule has 10 heteroatoms. The van der Waals surface area contributed by atoms with Gasteiger partial charge in [0.05, 0.1) is 27.6 Å². The highest BCUT2D eigenvalue weighted by Crippen LogP contribution is 2.24. The first-order chi connectivity index (χ1) is 16.3. The van der Waals surface area contributed by atoms with Crippen molar-refractivity contribution in [1.29, 1.82) is 0 Å². The summed E-state index contributed by atoms with van der Waals surface area (Å²) in [5.74, 6) is -0.522. The number of hydrogen-bond donors (Lipinski definition) is 3. The molecule has 0 bridgehead atoms. The SMILES string of the molecule is C=C(NNC(=O)c1cccc(S(=O)(=O)Nc2ccccc2Cl)c1)c1ccc(-n2ccnc2)cc1. The van der Waals surface area contributed by atoms with E-state index < -0.39 is 15.9 Å². The van der Waals surface area contributed by atoms with Crippen LogP contribution in [-0.2, 0) is 10.0 Å². The lowest BCUT2D eigenvalue weighted by Gasteiger charge is -2.13. The maximum absolute atomic E-state index is 12.8. The van der Waals surface area contributed by atoms with Gasteiger partial charge in [0.25, 0.3) is 15.9 Å². The van der Waals surface area contributed by atoms with E-state index in [1.165, 1.54) is 24.3 Å². The van der Waals surface area contributed by atoms with Gasteiger partial charge in [-0.3, -0.25) is 20.4 Å². The van der Waals surface area contributed by atoms with Crippen molar-refractivity contribution in [2.75, 3.05) is 4.72 Å².